The monoisotopic (exact) mass is 472 g/mol. The molecular formula is C26H28N6O3. The molecule has 180 valence electrons. The Morgan fingerprint density at radius 1 is 1.06 bits per heavy atom. The van der Waals surface area contributed by atoms with Crippen molar-refractivity contribution in [3.63, 3.8) is 0 Å². The molecular weight excluding hydrogens is 444 g/mol. The zero-order chi connectivity index (χ0) is 24.2. The molecule has 0 spiro atoms. The van der Waals surface area contributed by atoms with Crippen LogP contribution in [0.4, 0.5) is 5.69 Å². The first-order valence-corrected chi connectivity index (χ1v) is 11.8. The summed E-state index contributed by atoms with van der Waals surface area (Å²) in [5.74, 6) is 0.457. The van der Waals surface area contributed by atoms with Crippen molar-refractivity contribution in [2.75, 3.05) is 38.3 Å². The van der Waals surface area contributed by atoms with E-state index in [0.29, 0.717) is 29.8 Å². The van der Waals surface area contributed by atoms with Crippen LogP contribution in [0.25, 0.3) is 16.7 Å². The van der Waals surface area contributed by atoms with Gasteiger partial charge in [-0.2, -0.15) is 5.10 Å². The fourth-order valence-electron chi connectivity index (χ4n) is 4.25. The number of benzene rings is 2. The summed E-state index contributed by atoms with van der Waals surface area (Å²) >= 11 is 0. The Hall–Kier alpha value is -3.98. The molecule has 9 heteroatoms. The first kappa shape index (κ1) is 22.8. The molecule has 0 unspecified atom stereocenters. The SMILES string of the molecule is CN(Cc1ccc(N2CCOCC2)cc1)C(=O)CCc1nc2c(cnn2-c2ccccc2)c(=O)[nH]1. The van der Waals surface area contributed by atoms with Crippen molar-refractivity contribution in [2.24, 2.45) is 0 Å². The van der Waals surface area contributed by atoms with Crippen molar-refractivity contribution < 1.29 is 9.53 Å². The lowest BCUT2D eigenvalue weighted by Gasteiger charge is -2.29. The van der Waals surface area contributed by atoms with Gasteiger partial charge in [-0.1, -0.05) is 30.3 Å². The minimum absolute atomic E-state index is 0.0124. The molecule has 1 fully saturated rings. The largest absolute Gasteiger partial charge is 0.378 e. The fraction of sp³-hybridized carbons (Fsp3) is 0.308. The highest BCUT2D eigenvalue weighted by molar-refractivity contribution is 5.77. The van der Waals surface area contributed by atoms with Gasteiger partial charge in [0.25, 0.3) is 5.56 Å². The van der Waals surface area contributed by atoms with Gasteiger partial charge in [-0.25, -0.2) is 9.67 Å². The number of carbonyl (C=O) groups is 1. The Morgan fingerprint density at radius 2 is 1.80 bits per heavy atom. The van der Waals surface area contributed by atoms with Crippen LogP contribution in [-0.4, -0.2) is 63.9 Å². The molecule has 1 saturated heterocycles. The number of fused-ring (bicyclic) bond motifs is 1. The quantitative estimate of drug-likeness (QED) is 0.444. The average Bonchev–Trinajstić information content (AvgIpc) is 3.33. The Labute approximate surface area is 203 Å². The zero-order valence-corrected chi connectivity index (χ0v) is 19.7. The molecule has 35 heavy (non-hydrogen) atoms. The van der Waals surface area contributed by atoms with E-state index in [4.69, 9.17) is 4.74 Å². The number of rotatable bonds is 7. The number of aromatic amines is 1. The maximum atomic E-state index is 12.8. The molecule has 5 rings (SSSR count). The highest BCUT2D eigenvalue weighted by atomic mass is 16.5. The molecule has 2 aromatic heterocycles. The van der Waals surface area contributed by atoms with Gasteiger partial charge in [-0.3, -0.25) is 9.59 Å². The predicted octanol–water partition coefficient (Wildman–Crippen LogP) is 2.54. The first-order chi connectivity index (χ1) is 17.1. The summed E-state index contributed by atoms with van der Waals surface area (Å²) in [7, 11) is 1.79. The number of carbonyl (C=O) groups excluding carboxylic acids is 1. The summed E-state index contributed by atoms with van der Waals surface area (Å²) in [6.07, 6.45) is 2.10. The molecule has 1 aliphatic rings. The van der Waals surface area contributed by atoms with Crippen LogP contribution in [0.3, 0.4) is 0 Å². The van der Waals surface area contributed by atoms with Crippen LogP contribution in [0.5, 0.6) is 0 Å². The van der Waals surface area contributed by atoms with Crippen molar-refractivity contribution >= 4 is 22.6 Å². The maximum Gasteiger partial charge on any atom is 0.262 e. The van der Waals surface area contributed by atoms with E-state index in [2.05, 4.69) is 44.2 Å². The molecule has 9 nitrogen and oxygen atoms in total. The number of aromatic nitrogens is 4. The predicted molar refractivity (Wildman–Crippen MR) is 134 cm³/mol. The third-order valence-electron chi connectivity index (χ3n) is 6.22. The topological polar surface area (TPSA) is 96.3 Å². The third kappa shape index (κ3) is 5.09. The van der Waals surface area contributed by atoms with Gasteiger partial charge in [0.15, 0.2) is 5.65 Å². The van der Waals surface area contributed by atoms with Crippen LogP contribution in [0.1, 0.15) is 17.8 Å². The van der Waals surface area contributed by atoms with Gasteiger partial charge in [-0.05, 0) is 29.8 Å². The number of ether oxygens (including phenoxy) is 1. The molecule has 4 aromatic rings. The number of nitrogens with zero attached hydrogens (tertiary/aromatic N) is 5. The maximum absolute atomic E-state index is 12.8. The summed E-state index contributed by atoms with van der Waals surface area (Å²) in [4.78, 5) is 36.7. The molecule has 1 amide bonds. The van der Waals surface area contributed by atoms with E-state index in [0.717, 1.165) is 37.6 Å². The van der Waals surface area contributed by atoms with Crippen LogP contribution < -0.4 is 10.5 Å². The number of amides is 1. The Morgan fingerprint density at radius 3 is 2.54 bits per heavy atom. The Bertz CT molecular complexity index is 1360. The van der Waals surface area contributed by atoms with Crippen LogP contribution in [-0.2, 0) is 22.5 Å². The van der Waals surface area contributed by atoms with Crippen molar-refractivity contribution in [3.05, 3.63) is 82.5 Å². The average molecular weight is 473 g/mol. The Kier molecular flexibility index (Phi) is 6.58. The van der Waals surface area contributed by atoms with Gasteiger partial charge in [0, 0.05) is 45.2 Å². The second-order valence-electron chi connectivity index (χ2n) is 8.66. The van der Waals surface area contributed by atoms with E-state index < -0.39 is 0 Å². The standard InChI is InChI=1S/C26H28N6O3/c1-30(18-19-7-9-20(10-8-19)31-13-15-35-16-14-31)24(33)12-11-23-28-25-22(26(34)29-23)17-27-32(25)21-5-3-2-4-6-21/h2-10,17H,11-16,18H2,1H3,(H,28,29,34). The molecule has 3 heterocycles. The lowest BCUT2D eigenvalue weighted by molar-refractivity contribution is -0.130. The highest BCUT2D eigenvalue weighted by Crippen LogP contribution is 2.18. The lowest BCUT2D eigenvalue weighted by Crippen LogP contribution is -2.36. The highest BCUT2D eigenvalue weighted by Gasteiger charge is 2.15. The van der Waals surface area contributed by atoms with Crippen LogP contribution in [0.2, 0.25) is 0 Å². The number of morpholine rings is 1. The fourth-order valence-corrected chi connectivity index (χ4v) is 4.25. The van der Waals surface area contributed by atoms with E-state index in [1.807, 2.05) is 30.3 Å². The Balaban J connectivity index is 1.22. The smallest absolute Gasteiger partial charge is 0.262 e. The lowest BCUT2D eigenvalue weighted by atomic mass is 10.1. The second kappa shape index (κ2) is 10.1. The van der Waals surface area contributed by atoms with Crippen LogP contribution in [0, 0.1) is 0 Å². The molecule has 1 N–H and O–H groups in total. The van der Waals surface area contributed by atoms with Gasteiger partial charge in [0.1, 0.15) is 11.2 Å². The van der Waals surface area contributed by atoms with E-state index in [1.54, 1.807) is 16.6 Å². The van der Waals surface area contributed by atoms with Crippen molar-refractivity contribution in [3.8, 4) is 5.69 Å². The molecule has 1 aliphatic heterocycles. The summed E-state index contributed by atoms with van der Waals surface area (Å²) in [6, 6.07) is 17.8. The van der Waals surface area contributed by atoms with E-state index in [-0.39, 0.29) is 17.9 Å². The molecule has 0 bridgehead atoms. The van der Waals surface area contributed by atoms with Crippen LogP contribution in [0.15, 0.2) is 65.6 Å². The van der Waals surface area contributed by atoms with Gasteiger partial charge >= 0.3 is 0 Å². The number of H-pyrrole nitrogens is 1. The van der Waals surface area contributed by atoms with Gasteiger partial charge in [-0.15, -0.1) is 0 Å². The normalized spacial score (nSPS) is 13.8. The van der Waals surface area contributed by atoms with E-state index in [1.165, 1.54) is 11.9 Å². The second-order valence-corrected chi connectivity index (χ2v) is 8.66. The molecule has 0 atom stereocenters. The third-order valence-corrected chi connectivity index (χ3v) is 6.22. The number of anilines is 1. The summed E-state index contributed by atoms with van der Waals surface area (Å²) < 4.78 is 7.06. The number of hydrogen-bond donors (Lipinski definition) is 1. The summed E-state index contributed by atoms with van der Waals surface area (Å²) in [5.41, 5.74) is 3.29. The van der Waals surface area contributed by atoms with E-state index in [9.17, 15) is 9.59 Å². The summed E-state index contributed by atoms with van der Waals surface area (Å²) in [6.45, 7) is 3.81. The summed E-state index contributed by atoms with van der Waals surface area (Å²) in [5, 5.41) is 4.74. The molecule has 0 aliphatic carbocycles. The van der Waals surface area contributed by atoms with Crippen molar-refractivity contribution in [1.82, 2.24) is 24.6 Å². The van der Waals surface area contributed by atoms with Gasteiger partial charge in [0.05, 0.1) is 25.1 Å². The molecule has 0 saturated carbocycles. The number of aryl methyl sites for hydroxylation is 1. The number of hydrogen-bond acceptors (Lipinski definition) is 6. The van der Waals surface area contributed by atoms with E-state index >= 15 is 0 Å². The van der Waals surface area contributed by atoms with Gasteiger partial charge < -0.3 is 19.5 Å². The van der Waals surface area contributed by atoms with Crippen LogP contribution >= 0.6 is 0 Å². The molecule has 2 aromatic carbocycles. The van der Waals surface area contributed by atoms with Crippen molar-refractivity contribution in [2.45, 2.75) is 19.4 Å². The van der Waals surface area contributed by atoms with Crippen molar-refractivity contribution in [1.29, 1.82) is 0 Å². The number of nitrogens with one attached hydrogen (secondary N) is 1. The minimum Gasteiger partial charge on any atom is -0.378 e. The molecule has 0 radical (unpaired) electrons. The first-order valence-electron chi connectivity index (χ1n) is 11.8. The number of para-hydroxylation sites is 1. The van der Waals surface area contributed by atoms with Gasteiger partial charge in [0.2, 0.25) is 5.91 Å². The minimum atomic E-state index is -0.256. The zero-order valence-electron chi connectivity index (χ0n) is 19.7.